The third kappa shape index (κ3) is 7.22. The van der Waals surface area contributed by atoms with Crippen molar-refractivity contribution >= 4 is 33.6 Å². The summed E-state index contributed by atoms with van der Waals surface area (Å²) in [5, 5.41) is 0. The van der Waals surface area contributed by atoms with Crippen LogP contribution in [0.1, 0.15) is 34.6 Å². The molecule has 0 amide bonds. The monoisotopic (exact) mass is 488 g/mol. The lowest BCUT2D eigenvalue weighted by Gasteiger charge is -2.37. The minimum absolute atomic E-state index is 0.0848. The summed E-state index contributed by atoms with van der Waals surface area (Å²) in [6.45, 7) is 14.4. The van der Waals surface area contributed by atoms with Crippen LogP contribution in [-0.4, -0.2) is 67.1 Å². The van der Waals surface area contributed by atoms with E-state index >= 15 is 0 Å². The van der Waals surface area contributed by atoms with Crippen molar-refractivity contribution in [1.82, 2.24) is 19.7 Å². The standard InChI is InChI=1S/C19H35N5O6PSi/c1-8-27-31(25,28-9-2)13-26-10-14(16(19(3,4)5)30-32(6)7)29-24-12-23-15-17(20)21-11-22-18(15)24/h11-12,14,16H,8-10,13H2,1-7H3,(H2,20,21,22). The fourth-order valence-corrected chi connectivity index (χ4v) is 5.43. The number of fused-ring (bicyclic) bond motifs is 1. The lowest BCUT2D eigenvalue weighted by atomic mass is 9.86. The molecule has 2 aromatic heterocycles. The van der Waals surface area contributed by atoms with Gasteiger partial charge in [-0.2, -0.15) is 4.73 Å². The van der Waals surface area contributed by atoms with E-state index in [1.165, 1.54) is 17.4 Å². The minimum Gasteiger partial charge on any atom is -0.410 e. The van der Waals surface area contributed by atoms with E-state index in [1.807, 2.05) is 0 Å². The first-order valence-electron chi connectivity index (χ1n) is 10.5. The highest BCUT2D eigenvalue weighted by molar-refractivity contribution is 7.53. The number of nitrogens with two attached hydrogens (primary N) is 1. The van der Waals surface area contributed by atoms with Gasteiger partial charge >= 0.3 is 7.60 Å². The molecule has 2 aromatic rings. The van der Waals surface area contributed by atoms with Crippen molar-refractivity contribution in [3.63, 3.8) is 0 Å². The summed E-state index contributed by atoms with van der Waals surface area (Å²) in [7, 11) is -4.43. The molecule has 0 saturated heterocycles. The fraction of sp³-hybridized carbons (Fsp3) is 0.737. The Bertz CT molecular complexity index is 896. The second kappa shape index (κ2) is 11.5. The van der Waals surface area contributed by atoms with E-state index in [-0.39, 0.29) is 43.5 Å². The minimum atomic E-state index is -3.36. The third-order valence-electron chi connectivity index (χ3n) is 4.32. The first-order valence-corrected chi connectivity index (χ1v) is 14.7. The molecular weight excluding hydrogens is 453 g/mol. The van der Waals surface area contributed by atoms with E-state index in [1.54, 1.807) is 13.8 Å². The van der Waals surface area contributed by atoms with Crippen LogP contribution in [0.4, 0.5) is 5.82 Å². The molecule has 13 heteroatoms. The van der Waals surface area contributed by atoms with E-state index in [9.17, 15) is 4.57 Å². The Kier molecular flexibility index (Phi) is 9.62. The van der Waals surface area contributed by atoms with Crippen molar-refractivity contribution in [2.24, 2.45) is 5.41 Å². The van der Waals surface area contributed by atoms with E-state index in [2.05, 4.69) is 48.8 Å². The van der Waals surface area contributed by atoms with Crippen molar-refractivity contribution in [3.05, 3.63) is 12.7 Å². The van der Waals surface area contributed by atoms with Crippen LogP contribution in [0.2, 0.25) is 13.1 Å². The molecule has 2 unspecified atom stereocenters. The summed E-state index contributed by atoms with van der Waals surface area (Å²) in [5.41, 5.74) is 6.49. The lowest BCUT2D eigenvalue weighted by Crippen LogP contribution is -2.49. The quantitative estimate of drug-likeness (QED) is 0.331. The molecule has 181 valence electrons. The number of anilines is 1. The van der Waals surface area contributed by atoms with Crippen LogP contribution in [0.3, 0.4) is 0 Å². The van der Waals surface area contributed by atoms with Crippen LogP contribution in [0.25, 0.3) is 11.2 Å². The van der Waals surface area contributed by atoms with Crippen molar-refractivity contribution in [2.75, 3.05) is 31.9 Å². The summed E-state index contributed by atoms with van der Waals surface area (Å²) in [6, 6.07) is 0. The number of nitrogens with zero attached hydrogens (tertiary/aromatic N) is 4. The number of nitrogen functional groups attached to an aromatic ring is 1. The molecule has 0 fully saturated rings. The van der Waals surface area contributed by atoms with Crippen LogP contribution in [0, 0.1) is 5.41 Å². The van der Waals surface area contributed by atoms with E-state index in [0.717, 1.165) is 0 Å². The van der Waals surface area contributed by atoms with E-state index in [0.29, 0.717) is 11.2 Å². The number of ether oxygens (including phenoxy) is 1. The Morgan fingerprint density at radius 3 is 2.38 bits per heavy atom. The zero-order valence-corrected chi connectivity index (χ0v) is 21.8. The largest absolute Gasteiger partial charge is 0.410 e. The molecule has 0 spiro atoms. The molecule has 0 aliphatic heterocycles. The Balaban J connectivity index is 2.29. The maximum Gasteiger partial charge on any atom is 0.356 e. The third-order valence-corrected chi connectivity index (χ3v) is 6.85. The first kappa shape index (κ1) is 26.7. The fourth-order valence-electron chi connectivity index (χ4n) is 3.08. The zero-order valence-electron chi connectivity index (χ0n) is 19.9. The summed E-state index contributed by atoms with van der Waals surface area (Å²) >= 11 is 0. The second-order valence-electron chi connectivity index (χ2n) is 8.40. The number of imidazole rings is 1. The summed E-state index contributed by atoms with van der Waals surface area (Å²) < 4.78 is 37.0. The highest BCUT2D eigenvalue weighted by Gasteiger charge is 2.37. The van der Waals surface area contributed by atoms with Gasteiger partial charge < -0.3 is 28.8 Å². The lowest BCUT2D eigenvalue weighted by molar-refractivity contribution is -0.101. The Labute approximate surface area is 191 Å². The molecule has 1 radical (unpaired) electrons. The zero-order chi connectivity index (χ0) is 23.9. The average Bonchev–Trinajstić information content (AvgIpc) is 3.09. The molecule has 2 N–H and O–H groups in total. The first-order chi connectivity index (χ1) is 15.0. The molecule has 32 heavy (non-hydrogen) atoms. The van der Waals surface area contributed by atoms with Crippen molar-refractivity contribution in [1.29, 1.82) is 0 Å². The molecule has 2 atom stereocenters. The maximum absolute atomic E-state index is 12.8. The van der Waals surface area contributed by atoms with Gasteiger partial charge in [-0.3, -0.25) is 4.57 Å². The molecule has 11 nitrogen and oxygen atoms in total. The van der Waals surface area contributed by atoms with E-state index in [4.69, 9.17) is 28.8 Å². The van der Waals surface area contributed by atoms with Crippen molar-refractivity contribution in [2.45, 2.75) is 59.9 Å². The van der Waals surface area contributed by atoms with Crippen molar-refractivity contribution < 1.29 is 27.6 Å². The highest BCUT2D eigenvalue weighted by atomic mass is 31.2. The van der Waals surface area contributed by atoms with Gasteiger partial charge in [0.15, 0.2) is 17.4 Å². The molecule has 0 bridgehead atoms. The average molecular weight is 489 g/mol. The molecule has 2 rings (SSSR count). The van der Waals surface area contributed by atoms with Gasteiger partial charge in [-0.25, -0.2) is 15.0 Å². The van der Waals surface area contributed by atoms with Gasteiger partial charge in [0.05, 0.1) is 25.9 Å². The van der Waals surface area contributed by atoms with Crippen LogP contribution in [-0.2, 0) is 22.8 Å². The molecule has 0 aromatic carbocycles. The Morgan fingerprint density at radius 2 is 1.81 bits per heavy atom. The second-order valence-corrected chi connectivity index (χ2v) is 12.5. The van der Waals surface area contributed by atoms with E-state index < -0.39 is 22.7 Å². The smallest absolute Gasteiger partial charge is 0.356 e. The van der Waals surface area contributed by atoms with Gasteiger partial charge in [-0.1, -0.05) is 20.8 Å². The van der Waals surface area contributed by atoms with Crippen LogP contribution < -0.4 is 10.6 Å². The number of rotatable bonds is 13. The Morgan fingerprint density at radius 1 is 1.16 bits per heavy atom. The van der Waals surface area contributed by atoms with Crippen LogP contribution in [0.15, 0.2) is 12.7 Å². The van der Waals surface area contributed by atoms with Crippen molar-refractivity contribution in [3.8, 4) is 0 Å². The predicted molar refractivity (Wildman–Crippen MR) is 124 cm³/mol. The summed E-state index contributed by atoms with van der Waals surface area (Å²) in [5.74, 6) is 0.260. The molecular formula is C19H35N5O6PSi. The number of aromatic nitrogens is 4. The number of hydrogen-bond acceptors (Lipinski definition) is 10. The SMILES string of the molecule is CCOP(=O)(COCC(On1cnc2c(N)ncnc21)C(O[Si](C)C)C(C)(C)C)OCC. The number of hydrogen-bond donors (Lipinski definition) is 1. The van der Waals surface area contributed by atoms with Gasteiger partial charge in [-0.05, 0) is 32.4 Å². The summed E-state index contributed by atoms with van der Waals surface area (Å²) in [6.07, 6.45) is 1.74. The summed E-state index contributed by atoms with van der Waals surface area (Å²) in [4.78, 5) is 18.7. The van der Waals surface area contributed by atoms with Gasteiger partial charge in [0.25, 0.3) is 0 Å². The Hall–Kier alpha value is -1.56. The topological polar surface area (TPSA) is 133 Å². The molecule has 0 aliphatic rings. The maximum atomic E-state index is 12.8. The van der Waals surface area contributed by atoms with Gasteiger partial charge in [0.1, 0.15) is 19.0 Å². The molecule has 0 aliphatic carbocycles. The van der Waals surface area contributed by atoms with Gasteiger partial charge in [0.2, 0.25) is 14.7 Å². The van der Waals surface area contributed by atoms with Crippen LogP contribution >= 0.6 is 7.60 Å². The van der Waals surface area contributed by atoms with Crippen LogP contribution in [0.5, 0.6) is 0 Å². The molecule has 2 heterocycles. The predicted octanol–water partition coefficient (Wildman–Crippen LogP) is 3.13. The highest BCUT2D eigenvalue weighted by Crippen LogP contribution is 2.47. The van der Waals surface area contributed by atoms with Gasteiger partial charge in [0, 0.05) is 0 Å². The normalized spacial score (nSPS) is 14.8. The molecule has 0 saturated carbocycles. The van der Waals surface area contributed by atoms with Gasteiger partial charge in [-0.15, -0.1) is 0 Å².